The number of nitrogens with zero attached hydrogens (tertiary/aromatic N) is 3. The van der Waals surface area contributed by atoms with Crippen molar-refractivity contribution in [3.63, 3.8) is 0 Å². The molecule has 0 aliphatic carbocycles. The molecule has 13 nitrogen and oxygen atoms in total. The maximum Gasteiger partial charge on any atom is 0.291 e. The first kappa shape index (κ1) is 23.4. The second kappa shape index (κ2) is 18.3. The molecule has 16 heavy (non-hydrogen) atoms. The van der Waals surface area contributed by atoms with E-state index < -0.39 is 15.3 Å². The molecule has 0 spiro atoms. The van der Waals surface area contributed by atoms with E-state index in [0.29, 0.717) is 4.99 Å². The van der Waals surface area contributed by atoms with Crippen LogP contribution in [0.3, 0.4) is 0 Å². The minimum Gasteiger partial charge on any atom is -0.394 e. The SMILES string of the molecule is CC(N)=S.O=[N+]([O-])O.O=[N+]([O-])O.O=[N+]([O-])O. The first-order chi connectivity index (χ1) is 6.93. The van der Waals surface area contributed by atoms with Gasteiger partial charge in [-0.3, -0.25) is 0 Å². The van der Waals surface area contributed by atoms with Crippen LogP contribution in [0.2, 0.25) is 0 Å². The van der Waals surface area contributed by atoms with Gasteiger partial charge in [0.25, 0.3) is 15.3 Å². The average Bonchev–Trinajstić information content (AvgIpc) is 1.76. The molecule has 0 fully saturated rings. The molecule has 0 rings (SSSR count). The minimum atomic E-state index is -1.50. The highest BCUT2D eigenvalue weighted by Gasteiger charge is 1.66. The Kier molecular flexibility index (Phi) is 26.7. The van der Waals surface area contributed by atoms with E-state index in [1.165, 1.54) is 0 Å². The standard InChI is InChI=1S/C2H5NS.3HNO3/c1-2(3)4;3*2-1(3)4/h1H3,(H2,3,4);3*(H,2,3,4). The summed E-state index contributed by atoms with van der Waals surface area (Å²) in [6, 6.07) is 0. The summed E-state index contributed by atoms with van der Waals surface area (Å²) in [6.45, 7) is 1.68. The molecule has 0 heterocycles. The first-order valence-corrected chi connectivity index (χ1v) is 3.10. The molecule has 0 aliphatic rings. The van der Waals surface area contributed by atoms with Crippen LogP contribution in [0.5, 0.6) is 0 Å². The highest BCUT2D eigenvalue weighted by molar-refractivity contribution is 7.80. The van der Waals surface area contributed by atoms with Crippen molar-refractivity contribution >= 4 is 17.2 Å². The minimum absolute atomic E-state index is 0.500. The predicted molar refractivity (Wildman–Crippen MR) is 48.8 cm³/mol. The number of hydrogen-bond acceptors (Lipinski definition) is 7. The Morgan fingerprint density at radius 3 is 1.00 bits per heavy atom. The van der Waals surface area contributed by atoms with Crippen LogP contribution < -0.4 is 5.73 Å². The smallest absolute Gasteiger partial charge is 0.291 e. The molecule has 96 valence electrons. The summed E-state index contributed by atoms with van der Waals surface area (Å²) >= 11 is 4.31. The average molecular weight is 264 g/mol. The van der Waals surface area contributed by atoms with E-state index >= 15 is 0 Å². The molecule has 0 radical (unpaired) electrons. The maximum atomic E-state index is 8.36. The third-order valence-electron chi connectivity index (χ3n) is 0. The lowest BCUT2D eigenvalue weighted by molar-refractivity contribution is -0.742. The molecular weight excluding hydrogens is 256 g/mol. The van der Waals surface area contributed by atoms with E-state index in [0.717, 1.165) is 0 Å². The molecule has 0 aliphatic heterocycles. The van der Waals surface area contributed by atoms with Gasteiger partial charge < -0.3 is 21.4 Å². The maximum absolute atomic E-state index is 8.36. The molecule has 0 amide bonds. The van der Waals surface area contributed by atoms with Crippen molar-refractivity contribution < 1.29 is 30.9 Å². The van der Waals surface area contributed by atoms with Crippen molar-refractivity contribution in [2.75, 3.05) is 0 Å². The van der Waals surface area contributed by atoms with E-state index in [1.807, 2.05) is 0 Å². The van der Waals surface area contributed by atoms with Crippen LogP contribution in [0, 0.1) is 30.3 Å². The van der Waals surface area contributed by atoms with Gasteiger partial charge in [0.1, 0.15) is 0 Å². The van der Waals surface area contributed by atoms with Crippen LogP contribution in [0.15, 0.2) is 0 Å². The van der Waals surface area contributed by atoms with Crippen molar-refractivity contribution in [3.05, 3.63) is 30.3 Å². The van der Waals surface area contributed by atoms with Crippen molar-refractivity contribution in [1.82, 2.24) is 0 Å². The van der Waals surface area contributed by atoms with Crippen molar-refractivity contribution in [1.29, 1.82) is 0 Å². The van der Waals surface area contributed by atoms with Gasteiger partial charge in [-0.1, -0.05) is 12.2 Å². The number of rotatable bonds is 0. The Bertz CT molecular complexity index is 166. The van der Waals surface area contributed by atoms with Gasteiger partial charge in [-0.25, -0.2) is 0 Å². The van der Waals surface area contributed by atoms with Gasteiger partial charge in [-0.05, 0) is 6.92 Å². The fourth-order valence-electron chi connectivity index (χ4n) is 0. The highest BCUT2D eigenvalue weighted by Crippen LogP contribution is 1.48. The Hall–Kier alpha value is -2.51. The summed E-state index contributed by atoms with van der Waals surface area (Å²) in [7, 11) is 0. The van der Waals surface area contributed by atoms with E-state index in [-0.39, 0.29) is 0 Å². The molecule has 0 aromatic heterocycles. The second-order valence-electron chi connectivity index (χ2n) is 1.32. The van der Waals surface area contributed by atoms with E-state index in [1.54, 1.807) is 6.92 Å². The van der Waals surface area contributed by atoms with Gasteiger partial charge >= 0.3 is 0 Å². The monoisotopic (exact) mass is 264 g/mol. The lowest BCUT2D eigenvalue weighted by Crippen LogP contribution is -1.98. The van der Waals surface area contributed by atoms with Crippen LogP contribution in [0.25, 0.3) is 0 Å². The van der Waals surface area contributed by atoms with Crippen LogP contribution in [-0.2, 0) is 0 Å². The molecular formula is C2H8N4O9S. The van der Waals surface area contributed by atoms with E-state index in [4.69, 9.17) is 51.7 Å². The van der Waals surface area contributed by atoms with Crippen molar-refractivity contribution in [2.24, 2.45) is 5.73 Å². The molecule has 0 bridgehead atoms. The molecule has 0 aromatic rings. The van der Waals surface area contributed by atoms with E-state index in [2.05, 4.69) is 12.2 Å². The van der Waals surface area contributed by atoms with Crippen LogP contribution >= 0.6 is 12.2 Å². The molecule has 5 N–H and O–H groups in total. The molecule has 0 unspecified atom stereocenters. The van der Waals surface area contributed by atoms with Gasteiger partial charge in [0.05, 0.1) is 4.99 Å². The Morgan fingerprint density at radius 2 is 1.00 bits per heavy atom. The molecule has 0 atom stereocenters. The van der Waals surface area contributed by atoms with Gasteiger partial charge in [-0.15, -0.1) is 30.3 Å². The van der Waals surface area contributed by atoms with Crippen LogP contribution in [0.1, 0.15) is 6.92 Å². The summed E-state index contributed by atoms with van der Waals surface area (Å²) in [5.74, 6) is 0. The third kappa shape index (κ3) is 201. The highest BCUT2D eigenvalue weighted by atomic mass is 32.1. The zero-order valence-electron chi connectivity index (χ0n) is 7.62. The Morgan fingerprint density at radius 1 is 1.00 bits per heavy atom. The third-order valence-corrected chi connectivity index (χ3v) is 0. The summed E-state index contributed by atoms with van der Waals surface area (Å²) in [5.41, 5.74) is 4.84. The molecule has 0 aromatic carbocycles. The number of hydrogen-bond donors (Lipinski definition) is 4. The van der Waals surface area contributed by atoms with Crippen molar-refractivity contribution in [2.45, 2.75) is 6.92 Å². The Balaban J connectivity index is -0.0000000600. The lowest BCUT2D eigenvalue weighted by atomic mass is 10.8. The second-order valence-corrected chi connectivity index (χ2v) is 1.97. The summed E-state index contributed by atoms with van der Waals surface area (Å²) in [6.07, 6.45) is 0. The molecule has 0 saturated heterocycles. The fourth-order valence-corrected chi connectivity index (χ4v) is 0. The predicted octanol–water partition coefficient (Wildman–Crippen LogP) is -0.751. The fraction of sp³-hybridized carbons (Fsp3) is 0.500. The summed E-state index contributed by atoms with van der Waals surface area (Å²) in [4.78, 5) is 25.6. The zero-order chi connectivity index (χ0) is 14.3. The lowest BCUT2D eigenvalue weighted by Gasteiger charge is -1.65. The van der Waals surface area contributed by atoms with Crippen LogP contribution in [0.4, 0.5) is 0 Å². The molecule has 0 saturated carbocycles. The summed E-state index contributed by atoms with van der Waals surface area (Å²) < 4.78 is 0. The van der Waals surface area contributed by atoms with Gasteiger partial charge in [0, 0.05) is 0 Å². The zero-order valence-corrected chi connectivity index (χ0v) is 8.43. The largest absolute Gasteiger partial charge is 0.394 e. The topological polar surface area (TPSA) is 216 Å². The quantitative estimate of drug-likeness (QED) is 0.242. The number of nitrogens with two attached hydrogens (primary N) is 1. The van der Waals surface area contributed by atoms with Gasteiger partial charge in [-0.2, -0.15) is 0 Å². The van der Waals surface area contributed by atoms with Gasteiger partial charge in [0.15, 0.2) is 0 Å². The molecule has 14 heteroatoms. The van der Waals surface area contributed by atoms with Crippen molar-refractivity contribution in [3.8, 4) is 0 Å². The first-order valence-electron chi connectivity index (χ1n) is 2.69. The van der Waals surface area contributed by atoms with E-state index in [9.17, 15) is 0 Å². The van der Waals surface area contributed by atoms with Crippen LogP contribution in [-0.4, -0.2) is 35.9 Å². The Labute approximate surface area is 92.0 Å². The normalized spacial score (nSPS) is 6.06. The summed E-state index contributed by atoms with van der Waals surface area (Å²) in [5, 5.41) is 40.9. The number of thiocarbonyl (C=S) groups is 1. The van der Waals surface area contributed by atoms with Gasteiger partial charge in [0.2, 0.25) is 0 Å².